The predicted molar refractivity (Wildman–Crippen MR) is 121 cm³/mol. The molecular formula is C25H33BO4. The fourth-order valence-corrected chi connectivity index (χ4v) is 3.75. The minimum Gasteiger partial charge on any atom is -0.469 e. The Morgan fingerprint density at radius 2 is 1.53 bits per heavy atom. The number of benzene rings is 2. The highest BCUT2D eigenvalue weighted by atomic mass is 16.7. The normalized spacial score (nSPS) is 18.2. The number of hydrogen-bond donors (Lipinski definition) is 0. The Morgan fingerprint density at radius 1 is 0.933 bits per heavy atom. The van der Waals surface area contributed by atoms with E-state index < -0.39 is 7.12 Å². The molecule has 1 fully saturated rings. The molecule has 0 spiro atoms. The Kier molecular flexibility index (Phi) is 7.04. The summed E-state index contributed by atoms with van der Waals surface area (Å²) in [6.07, 6.45) is 3.81. The number of ether oxygens (including phenoxy) is 1. The van der Waals surface area contributed by atoms with Gasteiger partial charge in [0.25, 0.3) is 0 Å². The van der Waals surface area contributed by atoms with E-state index in [0.717, 1.165) is 36.7 Å². The van der Waals surface area contributed by atoms with Crippen LogP contribution >= 0.6 is 0 Å². The Hall–Kier alpha value is -2.11. The van der Waals surface area contributed by atoms with Gasteiger partial charge in [0.2, 0.25) is 0 Å². The number of esters is 1. The number of methoxy groups -OCH3 is 1. The first-order chi connectivity index (χ1) is 14.2. The lowest BCUT2D eigenvalue weighted by Gasteiger charge is -2.32. The van der Waals surface area contributed by atoms with Crippen molar-refractivity contribution in [2.75, 3.05) is 7.11 Å². The van der Waals surface area contributed by atoms with Gasteiger partial charge in [-0.05, 0) is 63.5 Å². The highest BCUT2D eigenvalue weighted by Crippen LogP contribution is 2.36. The second-order valence-electron chi connectivity index (χ2n) is 9.06. The van der Waals surface area contributed by atoms with Crippen LogP contribution in [0.4, 0.5) is 0 Å². The van der Waals surface area contributed by atoms with E-state index in [2.05, 4.69) is 24.3 Å². The van der Waals surface area contributed by atoms with Crippen LogP contribution in [0.5, 0.6) is 0 Å². The van der Waals surface area contributed by atoms with Crippen molar-refractivity contribution < 1.29 is 18.8 Å². The molecule has 0 aromatic heterocycles. The van der Waals surface area contributed by atoms with Crippen LogP contribution in [0.3, 0.4) is 0 Å². The van der Waals surface area contributed by atoms with Crippen LogP contribution in [-0.2, 0) is 25.3 Å². The summed E-state index contributed by atoms with van der Waals surface area (Å²) < 4.78 is 17.3. The van der Waals surface area contributed by atoms with E-state index >= 15 is 0 Å². The molecule has 0 saturated carbocycles. The monoisotopic (exact) mass is 408 g/mol. The summed E-state index contributed by atoms with van der Waals surface area (Å²) in [6, 6.07) is 18.4. The van der Waals surface area contributed by atoms with Crippen molar-refractivity contribution in [3.63, 3.8) is 0 Å². The van der Waals surface area contributed by atoms with Gasteiger partial charge in [-0.25, -0.2) is 0 Å². The fraction of sp³-hybridized carbons (Fsp3) is 0.480. The summed E-state index contributed by atoms with van der Waals surface area (Å²) in [5.74, 6) is -0.434. The zero-order valence-electron chi connectivity index (χ0n) is 18.8. The summed E-state index contributed by atoms with van der Waals surface area (Å²) in [4.78, 5) is 12.4. The lowest BCUT2D eigenvalue weighted by atomic mass is 9.78. The number of unbranched alkanes of at least 4 members (excludes halogenated alkanes) is 1. The lowest BCUT2D eigenvalue weighted by Crippen LogP contribution is -2.41. The number of hydrogen-bond acceptors (Lipinski definition) is 4. The van der Waals surface area contributed by atoms with E-state index in [-0.39, 0.29) is 23.1 Å². The number of carbonyl (C=O) groups excluding carboxylic acids is 1. The average Bonchev–Trinajstić information content (AvgIpc) is 2.95. The fourth-order valence-electron chi connectivity index (χ4n) is 3.75. The molecule has 0 amide bonds. The minimum absolute atomic E-state index is 0.182. The third kappa shape index (κ3) is 5.14. The van der Waals surface area contributed by atoms with E-state index in [1.165, 1.54) is 12.7 Å². The van der Waals surface area contributed by atoms with Crippen LogP contribution in [0.2, 0.25) is 0 Å². The molecule has 0 bridgehead atoms. The standard InChI is InChI=1S/C25H33BO4/c1-24(2)25(3,4)30-26(29-24)21-17-15-20(16-18-21)22(23(27)28-5)14-10-9-13-19-11-7-6-8-12-19/h6-8,11-12,15-18,22H,9-10,13-14H2,1-5H3. The van der Waals surface area contributed by atoms with Gasteiger partial charge in [-0.2, -0.15) is 0 Å². The van der Waals surface area contributed by atoms with Gasteiger partial charge in [0.15, 0.2) is 0 Å². The van der Waals surface area contributed by atoms with Gasteiger partial charge in [-0.3, -0.25) is 4.79 Å². The van der Waals surface area contributed by atoms with Crippen LogP contribution in [0.1, 0.15) is 64.0 Å². The lowest BCUT2D eigenvalue weighted by molar-refractivity contribution is -0.142. The van der Waals surface area contributed by atoms with Crippen molar-refractivity contribution in [2.45, 2.75) is 70.5 Å². The molecule has 1 heterocycles. The van der Waals surface area contributed by atoms with Crippen LogP contribution in [0.25, 0.3) is 0 Å². The summed E-state index contributed by atoms with van der Waals surface area (Å²) in [5, 5.41) is 0. The molecule has 1 unspecified atom stereocenters. The maximum absolute atomic E-state index is 12.4. The van der Waals surface area contributed by atoms with E-state index in [1.807, 2.05) is 58.0 Å². The van der Waals surface area contributed by atoms with Crippen molar-refractivity contribution in [1.29, 1.82) is 0 Å². The van der Waals surface area contributed by atoms with Crippen molar-refractivity contribution in [3.8, 4) is 0 Å². The molecule has 0 radical (unpaired) electrons. The molecule has 0 aliphatic carbocycles. The molecule has 1 atom stereocenters. The minimum atomic E-state index is -0.397. The highest BCUT2D eigenvalue weighted by Gasteiger charge is 2.51. The summed E-state index contributed by atoms with van der Waals surface area (Å²) in [5.41, 5.74) is 2.53. The summed E-state index contributed by atoms with van der Waals surface area (Å²) >= 11 is 0. The van der Waals surface area contributed by atoms with Crippen LogP contribution in [0, 0.1) is 0 Å². The Bertz CT molecular complexity index is 814. The number of rotatable bonds is 8. The molecule has 1 aliphatic heterocycles. The molecule has 2 aromatic rings. The number of carbonyl (C=O) groups is 1. The summed E-state index contributed by atoms with van der Waals surface area (Å²) in [6.45, 7) is 8.18. The molecule has 30 heavy (non-hydrogen) atoms. The Morgan fingerprint density at radius 3 is 2.10 bits per heavy atom. The zero-order chi connectivity index (χ0) is 21.8. The van der Waals surface area contributed by atoms with Gasteiger partial charge in [0.05, 0.1) is 24.2 Å². The van der Waals surface area contributed by atoms with E-state index in [1.54, 1.807) is 0 Å². The van der Waals surface area contributed by atoms with Gasteiger partial charge >= 0.3 is 13.1 Å². The highest BCUT2D eigenvalue weighted by molar-refractivity contribution is 6.62. The van der Waals surface area contributed by atoms with Crippen molar-refractivity contribution in [2.24, 2.45) is 0 Å². The number of aryl methyl sites for hydroxylation is 1. The van der Waals surface area contributed by atoms with Gasteiger partial charge in [0.1, 0.15) is 0 Å². The molecule has 160 valence electrons. The molecule has 0 N–H and O–H groups in total. The molecular weight excluding hydrogens is 375 g/mol. The quantitative estimate of drug-likeness (QED) is 0.362. The molecule has 5 heteroatoms. The Labute approximate surface area is 181 Å². The van der Waals surface area contributed by atoms with Crippen molar-refractivity contribution in [3.05, 3.63) is 65.7 Å². The van der Waals surface area contributed by atoms with Gasteiger partial charge < -0.3 is 14.0 Å². The molecule has 3 rings (SSSR count). The topological polar surface area (TPSA) is 44.8 Å². The van der Waals surface area contributed by atoms with E-state index in [0.29, 0.717) is 0 Å². The molecule has 2 aromatic carbocycles. The van der Waals surface area contributed by atoms with Crippen molar-refractivity contribution >= 4 is 18.6 Å². The maximum Gasteiger partial charge on any atom is 0.494 e. The van der Waals surface area contributed by atoms with E-state index in [4.69, 9.17) is 14.0 Å². The SMILES string of the molecule is COC(=O)C(CCCCc1ccccc1)c1ccc(B2OC(C)(C)C(C)(C)O2)cc1. The second-order valence-corrected chi connectivity index (χ2v) is 9.06. The van der Waals surface area contributed by atoms with Gasteiger partial charge in [-0.1, -0.05) is 61.0 Å². The second kappa shape index (κ2) is 9.36. The third-order valence-electron chi connectivity index (χ3n) is 6.40. The Balaban J connectivity index is 1.62. The smallest absolute Gasteiger partial charge is 0.469 e. The largest absolute Gasteiger partial charge is 0.494 e. The van der Waals surface area contributed by atoms with Gasteiger partial charge in [0, 0.05) is 0 Å². The third-order valence-corrected chi connectivity index (χ3v) is 6.40. The average molecular weight is 408 g/mol. The zero-order valence-corrected chi connectivity index (χ0v) is 18.8. The summed E-state index contributed by atoms with van der Waals surface area (Å²) in [7, 11) is 1.06. The van der Waals surface area contributed by atoms with Gasteiger partial charge in [-0.15, -0.1) is 0 Å². The maximum atomic E-state index is 12.4. The van der Waals surface area contributed by atoms with Crippen molar-refractivity contribution in [1.82, 2.24) is 0 Å². The van der Waals surface area contributed by atoms with E-state index in [9.17, 15) is 4.79 Å². The van der Waals surface area contributed by atoms with Crippen LogP contribution in [-0.4, -0.2) is 31.4 Å². The molecule has 1 aliphatic rings. The first-order valence-corrected chi connectivity index (χ1v) is 10.8. The first kappa shape index (κ1) is 22.6. The van der Waals surface area contributed by atoms with Crippen LogP contribution in [0.15, 0.2) is 54.6 Å². The molecule has 4 nitrogen and oxygen atoms in total. The van der Waals surface area contributed by atoms with Crippen LogP contribution < -0.4 is 5.46 Å². The first-order valence-electron chi connectivity index (χ1n) is 10.8. The molecule has 1 saturated heterocycles. The predicted octanol–water partition coefficient (Wildman–Crippen LogP) is 4.66.